The van der Waals surface area contributed by atoms with E-state index in [4.69, 9.17) is 0 Å². The highest BCUT2D eigenvalue weighted by molar-refractivity contribution is 5.78. The number of carbonyl (C=O) groups is 1. The number of hydrogen-bond donors (Lipinski definition) is 0. The average molecular weight is 289 g/mol. The zero-order valence-corrected chi connectivity index (χ0v) is 13.6. The molecule has 1 saturated heterocycles. The van der Waals surface area contributed by atoms with Crippen molar-refractivity contribution in [1.29, 1.82) is 0 Å². The third kappa shape index (κ3) is 4.27. The molecule has 4 heteroatoms. The van der Waals surface area contributed by atoms with Crippen molar-refractivity contribution in [2.45, 2.75) is 33.2 Å². The standard InChI is InChI=1S/C17H27N3O/c1-13-9-14(2)11-20(10-13)17(21)12-19(4)15(3)16-7-5-6-8-18-16/h5-8,13-15H,9-12H2,1-4H3. The van der Waals surface area contributed by atoms with Gasteiger partial charge in [0.2, 0.25) is 5.91 Å². The molecular weight excluding hydrogens is 262 g/mol. The van der Waals surface area contributed by atoms with E-state index in [0.29, 0.717) is 18.4 Å². The van der Waals surface area contributed by atoms with Crippen molar-refractivity contribution >= 4 is 5.91 Å². The normalized spacial score (nSPS) is 24.1. The first-order valence-corrected chi connectivity index (χ1v) is 7.86. The first-order chi connectivity index (χ1) is 9.97. The number of pyridine rings is 1. The molecule has 3 atom stereocenters. The number of rotatable bonds is 4. The Morgan fingerprint density at radius 3 is 2.62 bits per heavy atom. The molecule has 0 aliphatic carbocycles. The van der Waals surface area contributed by atoms with Crippen LogP contribution in [0.4, 0.5) is 0 Å². The summed E-state index contributed by atoms with van der Waals surface area (Å²) in [6.07, 6.45) is 3.03. The molecule has 2 rings (SSSR count). The monoisotopic (exact) mass is 289 g/mol. The van der Waals surface area contributed by atoms with Gasteiger partial charge in [-0.15, -0.1) is 0 Å². The van der Waals surface area contributed by atoms with Crippen molar-refractivity contribution in [3.05, 3.63) is 30.1 Å². The van der Waals surface area contributed by atoms with E-state index in [1.54, 1.807) is 6.20 Å². The van der Waals surface area contributed by atoms with Gasteiger partial charge in [-0.2, -0.15) is 0 Å². The van der Waals surface area contributed by atoms with Gasteiger partial charge in [-0.25, -0.2) is 0 Å². The molecule has 0 bridgehead atoms. The molecule has 0 aromatic carbocycles. The van der Waals surface area contributed by atoms with Crippen molar-refractivity contribution in [2.75, 3.05) is 26.7 Å². The van der Waals surface area contributed by atoms with E-state index in [1.165, 1.54) is 6.42 Å². The summed E-state index contributed by atoms with van der Waals surface area (Å²) >= 11 is 0. The molecule has 0 saturated carbocycles. The van der Waals surface area contributed by atoms with Gasteiger partial charge >= 0.3 is 0 Å². The number of hydrogen-bond acceptors (Lipinski definition) is 3. The number of amides is 1. The van der Waals surface area contributed by atoms with Crippen LogP contribution in [0.2, 0.25) is 0 Å². The Morgan fingerprint density at radius 2 is 2.05 bits per heavy atom. The number of piperidine rings is 1. The van der Waals surface area contributed by atoms with Crippen molar-refractivity contribution in [3.8, 4) is 0 Å². The van der Waals surface area contributed by atoms with Crippen LogP contribution in [-0.2, 0) is 4.79 Å². The number of carbonyl (C=O) groups excluding carboxylic acids is 1. The van der Waals surface area contributed by atoms with Gasteiger partial charge in [0, 0.05) is 25.3 Å². The summed E-state index contributed by atoms with van der Waals surface area (Å²) in [6, 6.07) is 6.06. The molecule has 1 aromatic heterocycles. The first-order valence-electron chi connectivity index (χ1n) is 7.86. The van der Waals surface area contributed by atoms with E-state index in [-0.39, 0.29) is 11.9 Å². The summed E-state index contributed by atoms with van der Waals surface area (Å²) < 4.78 is 0. The molecule has 3 unspecified atom stereocenters. The third-order valence-corrected chi connectivity index (χ3v) is 4.38. The van der Waals surface area contributed by atoms with Crippen molar-refractivity contribution in [1.82, 2.24) is 14.8 Å². The molecule has 0 spiro atoms. The fraction of sp³-hybridized carbons (Fsp3) is 0.647. The molecule has 0 radical (unpaired) electrons. The predicted octanol–water partition coefficient (Wildman–Crippen LogP) is 2.58. The van der Waals surface area contributed by atoms with Crippen LogP contribution in [0.3, 0.4) is 0 Å². The zero-order chi connectivity index (χ0) is 15.4. The maximum Gasteiger partial charge on any atom is 0.236 e. The number of aromatic nitrogens is 1. The molecule has 1 amide bonds. The van der Waals surface area contributed by atoms with Gasteiger partial charge in [0.25, 0.3) is 0 Å². The molecule has 4 nitrogen and oxygen atoms in total. The van der Waals surface area contributed by atoms with Gasteiger partial charge in [0.15, 0.2) is 0 Å². The van der Waals surface area contributed by atoms with Gasteiger partial charge < -0.3 is 4.90 Å². The summed E-state index contributed by atoms with van der Waals surface area (Å²) in [5.74, 6) is 1.45. The molecule has 1 fully saturated rings. The van der Waals surface area contributed by atoms with Crippen molar-refractivity contribution < 1.29 is 4.79 Å². The van der Waals surface area contributed by atoms with Crippen molar-refractivity contribution in [2.24, 2.45) is 11.8 Å². The summed E-state index contributed by atoms with van der Waals surface area (Å²) in [4.78, 5) is 21.0. The molecule has 1 aromatic rings. The largest absolute Gasteiger partial charge is 0.341 e. The minimum atomic E-state index is 0.148. The fourth-order valence-electron chi connectivity index (χ4n) is 3.17. The van der Waals surface area contributed by atoms with Gasteiger partial charge in [-0.3, -0.25) is 14.7 Å². The Morgan fingerprint density at radius 1 is 1.38 bits per heavy atom. The number of nitrogens with zero attached hydrogens (tertiary/aromatic N) is 3. The quantitative estimate of drug-likeness (QED) is 0.855. The summed E-state index contributed by atoms with van der Waals surface area (Å²) in [6.45, 7) is 8.81. The van der Waals surface area contributed by atoms with E-state index in [0.717, 1.165) is 18.8 Å². The highest BCUT2D eigenvalue weighted by atomic mass is 16.2. The molecule has 2 heterocycles. The topological polar surface area (TPSA) is 36.4 Å². The smallest absolute Gasteiger partial charge is 0.236 e. The average Bonchev–Trinajstić information content (AvgIpc) is 2.46. The van der Waals surface area contributed by atoms with Gasteiger partial charge in [0.05, 0.1) is 12.2 Å². The van der Waals surface area contributed by atoms with Gasteiger partial charge in [-0.05, 0) is 44.4 Å². The van der Waals surface area contributed by atoms with Crippen LogP contribution in [0.15, 0.2) is 24.4 Å². The lowest BCUT2D eigenvalue weighted by molar-refractivity contribution is -0.135. The number of likely N-dealkylation sites (tertiary alicyclic amines) is 1. The Kier molecular flexibility index (Phi) is 5.34. The van der Waals surface area contributed by atoms with Crippen LogP contribution in [0.1, 0.15) is 38.9 Å². The lowest BCUT2D eigenvalue weighted by Crippen LogP contribution is -2.46. The van der Waals surface area contributed by atoms with E-state index < -0.39 is 0 Å². The molecule has 1 aliphatic heterocycles. The second-order valence-electron chi connectivity index (χ2n) is 6.59. The number of likely N-dealkylation sites (N-methyl/N-ethyl adjacent to an activating group) is 1. The van der Waals surface area contributed by atoms with Crippen LogP contribution in [0, 0.1) is 11.8 Å². The predicted molar refractivity (Wildman–Crippen MR) is 84.8 cm³/mol. The SMILES string of the molecule is CC1CC(C)CN(C(=O)CN(C)C(C)c2ccccn2)C1. The lowest BCUT2D eigenvalue weighted by atomic mass is 9.92. The Labute approximate surface area is 128 Å². The zero-order valence-electron chi connectivity index (χ0n) is 13.6. The second-order valence-corrected chi connectivity index (χ2v) is 6.59. The molecule has 116 valence electrons. The maximum absolute atomic E-state index is 12.5. The van der Waals surface area contributed by atoms with Crippen LogP contribution in [-0.4, -0.2) is 47.4 Å². The molecule has 1 aliphatic rings. The highest BCUT2D eigenvalue weighted by Gasteiger charge is 2.26. The first kappa shape index (κ1) is 16.0. The lowest BCUT2D eigenvalue weighted by Gasteiger charge is -2.36. The highest BCUT2D eigenvalue weighted by Crippen LogP contribution is 2.22. The third-order valence-electron chi connectivity index (χ3n) is 4.38. The second kappa shape index (κ2) is 7.03. The summed E-state index contributed by atoms with van der Waals surface area (Å²) in [5, 5.41) is 0. The summed E-state index contributed by atoms with van der Waals surface area (Å²) in [5.41, 5.74) is 1.01. The van der Waals surface area contributed by atoms with Gasteiger partial charge in [-0.1, -0.05) is 19.9 Å². The Hall–Kier alpha value is -1.42. The molecule has 21 heavy (non-hydrogen) atoms. The van der Waals surface area contributed by atoms with Crippen LogP contribution < -0.4 is 0 Å². The van der Waals surface area contributed by atoms with Crippen LogP contribution in [0.25, 0.3) is 0 Å². The Balaban J connectivity index is 1.92. The maximum atomic E-state index is 12.5. The Bertz CT molecular complexity index is 452. The van der Waals surface area contributed by atoms with E-state index in [2.05, 4.69) is 30.7 Å². The summed E-state index contributed by atoms with van der Waals surface area (Å²) in [7, 11) is 1.99. The molecular formula is C17H27N3O. The minimum absolute atomic E-state index is 0.148. The fourth-order valence-corrected chi connectivity index (χ4v) is 3.17. The molecule has 0 N–H and O–H groups in total. The minimum Gasteiger partial charge on any atom is -0.341 e. The van der Waals surface area contributed by atoms with Crippen LogP contribution >= 0.6 is 0 Å². The van der Waals surface area contributed by atoms with Crippen LogP contribution in [0.5, 0.6) is 0 Å². The van der Waals surface area contributed by atoms with E-state index in [9.17, 15) is 4.79 Å². The van der Waals surface area contributed by atoms with E-state index in [1.807, 2.05) is 30.1 Å². The van der Waals surface area contributed by atoms with E-state index >= 15 is 0 Å². The van der Waals surface area contributed by atoms with Crippen molar-refractivity contribution in [3.63, 3.8) is 0 Å². The van der Waals surface area contributed by atoms with Gasteiger partial charge in [0.1, 0.15) is 0 Å².